The average molecular weight is 404 g/mol. The van der Waals surface area contributed by atoms with Crippen molar-refractivity contribution < 1.29 is 4.79 Å². The fourth-order valence-electron chi connectivity index (χ4n) is 1.74. The molecular weight excluding hydrogens is 385 g/mol. The fraction of sp³-hybridized carbons (Fsp3) is 0.438. The summed E-state index contributed by atoms with van der Waals surface area (Å²) < 4.78 is 0. The Morgan fingerprint density at radius 1 is 1.29 bits per heavy atom. The van der Waals surface area contributed by atoms with Gasteiger partial charge in [0.1, 0.15) is 5.01 Å². The topological polar surface area (TPSA) is 54.9 Å². The van der Waals surface area contributed by atoms with Crippen LogP contribution in [-0.4, -0.2) is 21.9 Å². The number of anilines is 1. The molecule has 0 atom stereocenters. The number of halogens is 2. The molecule has 0 aliphatic carbocycles. The van der Waals surface area contributed by atoms with E-state index < -0.39 is 0 Å². The number of nitrogens with one attached hydrogen (secondary N) is 1. The van der Waals surface area contributed by atoms with Gasteiger partial charge in [-0.25, -0.2) is 0 Å². The normalized spacial score (nSPS) is 11.5. The lowest BCUT2D eigenvalue weighted by Crippen LogP contribution is -2.14. The van der Waals surface area contributed by atoms with Crippen molar-refractivity contribution in [2.75, 3.05) is 11.1 Å². The van der Waals surface area contributed by atoms with Crippen LogP contribution in [0.5, 0.6) is 0 Å². The number of carbonyl (C=O) groups is 1. The minimum Gasteiger partial charge on any atom is -0.300 e. The molecule has 0 saturated heterocycles. The second-order valence-corrected chi connectivity index (χ2v) is 8.72. The van der Waals surface area contributed by atoms with Crippen molar-refractivity contribution in [2.45, 2.75) is 38.4 Å². The summed E-state index contributed by atoms with van der Waals surface area (Å²) in [6.45, 7) is 6.34. The van der Waals surface area contributed by atoms with E-state index in [1.165, 1.54) is 23.1 Å². The van der Waals surface area contributed by atoms with E-state index in [4.69, 9.17) is 23.2 Å². The SMILES string of the molecule is CCC(C)(C)c1nnc(NC(=O)CSCc2ccc(Cl)c(Cl)c2)s1. The highest BCUT2D eigenvalue weighted by Crippen LogP contribution is 2.31. The van der Waals surface area contributed by atoms with Gasteiger partial charge in [-0.1, -0.05) is 61.4 Å². The van der Waals surface area contributed by atoms with Crippen LogP contribution < -0.4 is 5.32 Å². The van der Waals surface area contributed by atoms with E-state index in [-0.39, 0.29) is 11.3 Å². The predicted molar refractivity (Wildman–Crippen MR) is 104 cm³/mol. The molecule has 0 aliphatic rings. The third kappa shape index (κ3) is 5.34. The lowest BCUT2D eigenvalue weighted by Gasteiger charge is -2.17. The molecule has 1 amide bonds. The number of hydrogen-bond acceptors (Lipinski definition) is 5. The highest BCUT2D eigenvalue weighted by Gasteiger charge is 2.23. The number of carbonyl (C=O) groups excluding carboxylic acids is 1. The van der Waals surface area contributed by atoms with Gasteiger partial charge in [0, 0.05) is 11.2 Å². The number of hydrogen-bond donors (Lipinski definition) is 1. The van der Waals surface area contributed by atoms with Crippen molar-refractivity contribution in [3.05, 3.63) is 38.8 Å². The third-order valence-corrected chi connectivity index (χ3v) is 6.57. The minimum atomic E-state index is -0.0861. The molecule has 1 aromatic carbocycles. The number of aromatic nitrogens is 2. The number of rotatable bonds is 7. The van der Waals surface area contributed by atoms with Crippen LogP contribution in [0.15, 0.2) is 18.2 Å². The van der Waals surface area contributed by atoms with Crippen LogP contribution in [-0.2, 0) is 16.0 Å². The summed E-state index contributed by atoms with van der Waals surface area (Å²) in [6.07, 6.45) is 0.967. The average Bonchev–Trinajstić information content (AvgIpc) is 3.00. The Bertz CT molecular complexity index is 719. The molecule has 4 nitrogen and oxygen atoms in total. The van der Waals surface area contributed by atoms with Gasteiger partial charge in [0.25, 0.3) is 0 Å². The Morgan fingerprint density at radius 3 is 2.71 bits per heavy atom. The second-order valence-electron chi connectivity index (χ2n) is 5.94. The van der Waals surface area contributed by atoms with Crippen LogP contribution >= 0.6 is 46.3 Å². The maximum atomic E-state index is 12.0. The Labute approximate surface area is 160 Å². The highest BCUT2D eigenvalue weighted by molar-refractivity contribution is 7.99. The molecule has 0 spiro atoms. The zero-order valence-electron chi connectivity index (χ0n) is 13.7. The predicted octanol–water partition coefficient (Wildman–Crippen LogP) is 5.40. The lowest BCUT2D eigenvalue weighted by molar-refractivity contribution is -0.113. The van der Waals surface area contributed by atoms with Gasteiger partial charge in [-0.15, -0.1) is 22.0 Å². The molecule has 0 aliphatic heterocycles. The molecule has 0 radical (unpaired) electrons. The van der Waals surface area contributed by atoms with E-state index >= 15 is 0 Å². The molecule has 130 valence electrons. The van der Waals surface area contributed by atoms with Crippen LogP contribution in [0.3, 0.4) is 0 Å². The van der Waals surface area contributed by atoms with Crippen molar-refractivity contribution in [1.29, 1.82) is 0 Å². The van der Waals surface area contributed by atoms with E-state index in [9.17, 15) is 4.79 Å². The summed E-state index contributed by atoms with van der Waals surface area (Å²) in [5.41, 5.74) is 1.01. The molecule has 0 bridgehead atoms. The van der Waals surface area contributed by atoms with Crippen LogP contribution in [0.25, 0.3) is 0 Å². The molecule has 0 saturated carbocycles. The first kappa shape index (κ1) is 19.5. The van der Waals surface area contributed by atoms with Gasteiger partial charge in [-0.05, 0) is 24.1 Å². The fourth-order valence-corrected chi connectivity index (χ4v) is 3.77. The van der Waals surface area contributed by atoms with Gasteiger partial charge in [0.2, 0.25) is 11.0 Å². The first-order valence-electron chi connectivity index (χ1n) is 7.47. The standard InChI is InChI=1S/C16H19Cl2N3OS2/c1-4-16(2,3)14-20-21-15(24-14)19-13(22)9-23-8-10-5-6-11(17)12(18)7-10/h5-7H,4,8-9H2,1-3H3,(H,19,21,22). The Morgan fingerprint density at radius 2 is 2.04 bits per heavy atom. The minimum absolute atomic E-state index is 0.0246. The van der Waals surface area contributed by atoms with Crippen molar-refractivity contribution in [2.24, 2.45) is 0 Å². The van der Waals surface area contributed by atoms with Crippen molar-refractivity contribution >= 4 is 57.3 Å². The van der Waals surface area contributed by atoms with Crippen LogP contribution in [0.1, 0.15) is 37.8 Å². The lowest BCUT2D eigenvalue weighted by atomic mass is 9.91. The van der Waals surface area contributed by atoms with Crippen LogP contribution in [0.2, 0.25) is 10.0 Å². The molecule has 0 unspecified atom stereocenters. The van der Waals surface area contributed by atoms with E-state index in [0.29, 0.717) is 26.7 Å². The summed E-state index contributed by atoms with van der Waals surface area (Å²) in [6, 6.07) is 5.49. The molecule has 1 aromatic heterocycles. The Balaban J connectivity index is 1.82. The molecule has 1 heterocycles. The monoisotopic (exact) mass is 403 g/mol. The highest BCUT2D eigenvalue weighted by atomic mass is 35.5. The second kappa shape index (κ2) is 8.52. The first-order chi connectivity index (χ1) is 11.3. The molecule has 24 heavy (non-hydrogen) atoms. The number of amides is 1. The van der Waals surface area contributed by atoms with Gasteiger partial charge in [-0.2, -0.15) is 0 Å². The van der Waals surface area contributed by atoms with Gasteiger partial charge in [0.15, 0.2) is 0 Å². The van der Waals surface area contributed by atoms with Crippen molar-refractivity contribution in [3.8, 4) is 0 Å². The summed E-state index contributed by atoms with van der Waals surface area (Å²) in [4.78, 5) is 12.0. The van der Waals surface area contributed by atoms with E-state index in [1.54, 1.807) is 6.07 Å². The maximum absolute atomic E-state index is 12.0. The summed E-state index contributed by atoms with van der Waals surface area (Å²) >= 11 is 14.8. The van der Waals surface area contributed by atoms with Crippen LogP contribution in [0, 0.1) is 0 Å². The van der Waals surface area contributed by atoms with E-state index in [0.717, 1.165) is 17.0 Å². The summed E-state index contributed by atoms with van der Waals surface area (Å²) in [7, 11) is 0. The quantitative estimate of drug-likeness (QED) is 0.671. The van der Waals surface area contributed by atoms with Crippen molar-refractivity contribution in [3.63, 3.8) is 0 Å². The van der Waals surface area contributed by atoms with E-state index in [2.05, 4.69) is 36.3 Å². The summed E-state index contributed by atoms with van der Waals surface area (Å²) in [5.74, 6) is 0.943. The summed E-state index contributed by atoms with van der Waals surface area (Å²) in [5, 5.41) is 13.6. The van der Waals surface area contributed by atoms with Gasteiger partial charge >= 0.3 is 0 Å². The number of nitrogens with zero attached hydrogens (tertiary/aromatic N) is 2. The molecule has 1 N–H and O–H groups in total. The Kier molecular flexibility index (Phi) is 6.92. The number of thioether (sulfide) groups is 1. The zero-order valence-corrected chi connectivity index (χ0v) is 16.9. The van der Waals surface area contributed by atoms with E-state index in [1.807, 2.05) is 12.1 Å². The maximum Gasteiger partial charge on any atom is 0.236 e. The third-order valence-electron chi connectivity index (χ3n) is 3.62. The largest absolute Gasteiger partial charge is 0.300 e. The van der Waals surface area contributed by atoms with Crippen LogP contribution in [0.4, 0.5) is 5.13 Å². The van der Waals surface area contributed by atoms with Gasteiger partial charge < -0.3 is 0 Å². The molecule has 8 heteroatoms. The van der Waals surface area contributed by atoms with Gasteiger partial charge in [-0.3, -0.25) is 10.1 Å². The molecule has 0 fully saturated rings. The zero-order chi connectivity index (χ0) is 17.7. The number of benzene rings is 1. The molecule has 2 rings (SSSR count). The smallest absolute Gasteiger partial charge is 0.236 e. The molecule has 2 aromatic rings. The molecular formula is C16H19Cl2N3OS2. The van der Waals surface area contributed by atoms with Crippen molar-refractivity contribution in [1.82, 2.24) is 10.2 Å². The van der Waals surface area contributed by atoms with Gasteiger partial charge in [0.05, 0.1) is 15.8 Å². The first-order valence-corrected chi connectivity index (χ1v) is 10.2. The Hall–Kier alpha value is -0.820.